The van der Waals surface area contributed by atoms with Crippen LogP contribution >= 0.6 is 27.5 Å². The molecule has 4 heteroatoms. The lowest BCUT2D eigenvalue weighted by Gasteiger charge is -2.18. The number of fused-ring (bicyclic) bond motifs is 1. The summed E-state index contributed by atoms with van der Waals surface area (Å²) in [6, 6.07) is 12.3. The van der Waals surface area contributed by atoms with Gasteiger partial charge < -0.3 is 10.1 Å². The quantitative estimate of drug-likeness (QED) is 0.818. The molecule has 2 aromatic carbocycles. The molecule has 0 bridgehead atoms. The van der Waals surface area contributed by atoms with Crippen LogP contribution in [-0.2, 0) is 6.42 Å². The number of methoxy groups -OCH3 is 1. The largest absolute Gasteiger partial charge is 0.495 e. The third kappa shape index (κ3) is 2.52. The molecular weight excluding hydrogens is 338 g/mol. The van der Waals surface area contributed by atoms with E-state index in [0.717, 1.165) is 24.3 Å². The minimum absolute atomic E-state index is 0.301. The first-order valence-corrected chi connectivity index (χ1v) is 7.73. The van der Waals surface area contributed by atoms with Gasteiger partial charge in [0.25, 0.3) is 0 Å². The van der Waals surface area contributed by atoms with Gasteiger partial charge in [0.15, 0.2) is 0 Å². The van der Waals surface area contributed by atoms with E-state index in [0.29, 0.717) is 11.1 Å². The second kappa shape index (κ2) is 5.66. The number of nitrogens with one attached hydrogen (secondary N) is 1. The molecule has 0 spiro atoms. The van der Waals surface area contributed by atoms with Crippen LogP contribution in [0.15, 0.2) is 40.9 Å². The van der Waals surface area contributed by atoms with Gasteiger partial charge in [-0.05, 0) is 48.2 Å². The van der Waals surface area contributed by atoms with Crippen molar-refractivity contribution >= 4 is 33.2 Å². The van der Waals surface area contributed by atoms with Crippen LogP contribution in [0.5, 0.6) is 5.75 Å². The Morgan fingerprint density at radius 2 is 2.15 bits per heavy atom. The standard InChI is InChI=1S/C16H15BrClNO/c1-20-16-8-5-10(18)9-15(16)19-14-7-6-11-12(14)3-2-4-13(11)17/h2-5,8-9,14,19H,6-7H2,1H3. The Hall–Kier alpha value is -1.19. The number of hydrogen-bond acceptors (Lipinski definition) is 2. The molecule has 0 amide bonds. The fraction of sp³-hybridized carbons (Fsp3) is 0.250. The van der Waals surface area contributed by atoms with Crippen LogP contribution in [0, 0.1) is 0 Å². The molecule has 0 saturated heterocycles. The zero-order chi connectivity index (χ0) is 14.1. The minimum Gasteiger partial charge on any atom is -0.495 e. The lowest BCUT2D eigenvalue weighted by atomic mass is 10.1. The Morgan fingerprint density at radius 1 is 1.30 bits per heavy atom. The van der Waals surface area contributed by atoms with Gasteiger partial charge in [0, 0.05) is 9.50 Å². The summed E-state index contributed by atoms with van der Waals surface area (Å²) in [5.41, 5.74) is 3.69. The number of ether oxygens (including phenoxy) is 1. The zero-order valence-corrected chi connectivity index (χ0v) is 13.5. The van der Waals surface area contributed by atoms with Crippen LogP contribution in [0.25, 0.3) is 0 Å². The van der Waals surface area contributed by atoms with Crippen LogP contribution < -0.4 is 10.1 Å². The van der Waals surface area contributed by atoms with Crippen LogP contribution in [0.4, 0.5) is 5.69 Å². The van der Waals surface area contributed by atoms with Gasteiger partial charge in [-0.2, -0.15) is 0 Å². The summed E-state index contributed by atoms with van der Waals surface area (Å²) in [5, 5.41) is 4.26. The van der Waals surface area contributed by atoms with Crippen molar-refractivity contribution in [3.8, 4) is 5.75 Å². The molecule has 104 valence electrons. The maximum atomic E-state index is 6.08. The molecule has 3 rings (SSSR count). The monoisotopic (exact) mass is 351 g/mol. The van der Waals surface area contributed by atoms with E-state index in [9.17, 15) is 0 Å². The highest BCUT2D eigenvalue weighted by Gasteiger charge is 2.24. The Morgan fingerprint density at radius 3 is 2.95 bits per heavy atom. The first-order valence-electron chi connectivity index (χ1n) is 6.56. The normalized spacial score (nSPS) is 16.9. The Bertz CT molecular complexity index is 644. The number of anilines is 1. The zero-order valence-electron chi connectivity index (χ0n) is 11.1. The third-order valence-electron chi connectivity index (χ3n) is 3.70. The van der Waals surface area contributed by atoms with Crippen LogP contribution in [-0.4, -0.2) is 7.11 Å². The van der Waals surface area contributed by atoms with Crippen molar-refractivity contribution in [1.29, 1.82) is 0 Å². The van der Waals surface area contributed by atoms with Gasteiger partial charge in [-0.25, -0.2) is 0 Å². The van der Waals surface area contributed by atoms with Crippen molar-refractivity contribution in [2.75, 3.05) is 12.4 Å². The number of hydrogen-bond donors (Lipinski definition) is 1. The first kappa shape index (κ1) is 13.8. The maximum Gasteiger partial charge on any atom is 0.142 e. The topological polar surface area (TPSA) is 21.3 Å². The van der Waals surface area contributed by atoms with Gasteiger partial charge in [0.2, 0.25) is 0 Å². The summed E-state index contributed by atoms with van der Waals surface area (Å²) in [5.74, 6) is 0.817. The van der Waals surface area contributed by atoms with E-state index < -0.39 is 0 Å². The maximum absolute atomic E-state index is 6.08. The molecule has 1 atom stereocenters. The Balaban J connectivity index is 1.91. The van der Waals surface area contributed by atoms with Gasteiger partial charge >= 0.3 is 0 Å². The van der Waals surface area contributed by atoms with Gasteiger partial charge in [0.1, 0.15) is 5.75 Å². The molecule has 20 heavy (non-hydrogen) atoms. The molecule has 0 heterocycles. The van der Waals surface area contributed by atoms with Gasteiger partial charge in [0.05, 0.1) is 18.8 Å². The van der Waals surface area contributed by atoms with E-state index in [4.69, 9.17) is 16.3 Å². The molecule has 1 aliphatic rings. The van der Waals surface area contributed by atoms with Crippen molar-refractivity contribution in [3.63, 3.8) is 0 Å². The number of rotatable bonds is 3. The smallest absolute Gasteiger partial charge is 0.142 e. The molecular formula is C16H15BrClNO. The lowest BCUT2D eigenvalue weighted by molar-refractivity contribution is 0.416. The summed E-state index contributed by atoms with van der Waals surface area (Å²) in [6.45, 7) is 0. The average molecular weight is 353 g/mol. The van der Waals surface area contributed by atoms with Crippen LogP contribution in [0.1, 0.15) is 23.6 Å². The highest BCUT2D eigenvalue weighted by atomic mass is 79.9. The lowest BCUT2D eigenvalue weighted by Crippen LogP contribution is -2.08. The molecule has 0 saturated carbocycles. The molecule has 1 aliphatic carbocycles. The second-order valence-corrected chi connectivity index (χ2v) is 6.18. The van der Waals surface area contributed by atoms with Crippen molar-refractivity contribution in [2.24, 2.45) is 0 Å². The van der Waals surface area contributed by atoms with E-state index in [-0.39, 0.29) is 0 Å². The molecule has 0 aromatic heterocycles. The summed E-state index contributed by atoms with van der Waals surface area (Å²) >= 11 is 9.71. The fourth-order valence-corrected chi connectivity index (χ4v) is 3.49. The average Bonchev–Trinajstić information content (AvgIpc) is 2.84. The van der Waals surface area contributed by atoms with Crippen molar-refractivity contribution < 1.29 is 4.74 Å². The van der Waals surface area contributed by atoms with Crippen LogP contribution in [0.2, 0.25) is 5.02 Å². The summed E-state index contributed by atoms with van der Waals surface area (Å²) in [7, 11) is 1.67. The van der Waals surface area contributed by atoms with E-state index in [1.807, 2.05) is 18.2 Å². The molecule has 1 unspecified atom stereocenters. The van der Waals surface area contributed by atoms with Gasteiger partial charge in [-0.1, -0.05) is 39.7 Å². The Kier molecular flexibility index (Phi) is 3.90. The highest BCUT2D eigenvalue weighted by molar-refractivity contribution is 9.10. The van der Waals surface area contributed by atoms with Crippen LogP contribution in [0.3, 0.4) is 0 Å². The van der Waals surface area contributed by atoms with Gasteiger partial charge in [-0.3, -0.25) is 0 Å². The van der Waals surface area contributed by atoms with E-state index in [1.54, 1.807) is 7.11 Å². The van der Waals surface area contributed by atoms with Crippen molar-refractivity contribution in [2.45, 2.75) is 18.9 Å². The highest BCUT2D eigenvalue weighted by Crippen LogP contribution is 2.39. The minimum atomic E-state index is 0.301. The first-order chi connectivity index (χ1) is 9.69. The second-order valence-electron chi connectivity index (χ2n) is 4.89. The molecule has 2 aromatic rings. The molecule has 0 aliphatic heterocycles. The molecule has 2 nitrogen and oxygen atoms in total. The van der Waals surface area contributed by atoms with Gasteiger partial charge in [-0.15, -0.1) is 0 Å². The SMILES string of the molecule is COc1ccc(Cl)cc1NC1CCc2c(Br)cccc21. The number of benzene rings is 2. The van der Waals surface area contributed by atoms with Crippen molar-refractivity contribution in [1.82, 2.24) is 0 Å². The predicted molar refractivity (Wildman–Crippen MR) is 86.8 cm³/mol. The molecule has 0 fully saturated rings. The molecule has 1 N–H and O–H groups in total. The van der Waals surface area contributed by atoms with E-state index in [1.165, 1.54) is 15.6 Å². The fourth-order valence-electron chi connectivity index (χ4n) is 2.74. The number of halogens is 2. The molecule has 0 radical (unpaired) electrons. The van der Waals surface area contributed by atoms with E-state index >= 15 is 0 Å². The Labute approximate surface area is 132 Å². The van der Waals surface area contributed by atoms with E-state index in [2.05, 4.69) is 39.4 Å². The summed E-state index contributed by atoms with van der Waals surface area (Å²) in [4.78, 5) is 0. The summed E-state index contributed by atoms with van der Waals surface area (Å²) < 4.78 is 6.58. The van der Waals surface area contributed by atoms with Crippen molar-refractivity contribution in [3.05, 3.63) is 57.0 Å². The summed E-state index contributed by atoms with van der Waals surface area (Å²) in [6.07, 6.45) is 2.16. The predicted octanol–water partition coefficient (Wildman–Crippen LogP) is 5.21. The third-order valence-corrected chi connectivity index (χ3v) is 4.68.